The Labute approximate surface area is 177 Å². The maximum atomic E-state index is 11.9. The molecule has 156 valence electrons. The Hall–Kier alpha value is -4.40. The summed E-state index contributed by atoms with van der Waals surface area (Å²) in [5, 5.41) is 19.1. The highest BCUT2D eigenvalue weighted by Crippen LogP contribution is 2.33. The minimum atomic E-state index is -0.528. The Morgan fingerprint density at radius 2 is 1.39 bits per heavy atom. The molecule has 0 atom stereocenters. The quantitative estimate of drug-likeness (QED) is 0.233. The van der Waals surface area contributed by atoms with Crippen molar-refractivity contribution >= 4 is 29.0 Å². The van der Waals surface area contributed by atoms with Crippen LogP contribution in [0.2, 0.25) is 0 Å². The van der Waals surface area contributed by atoms with Crippen LogP contribution in [0.25, 0.3) is 11.1 Å². The number of rotatable bonds is 6. The second-order valence-electron chi connectivity index (χ2n) is 6.27. The standard InChI is InChI=1S/C22H17N3O6/c1-30-21(26)15-5-3-14(4-6-15)19-12-7-16(22(27)31-2)13-20(19)24-23-17-8-10-18(11-9-17)25(28)29/h3-13H,1-2H3. The Balaban J connectivity index is 2.00. The van der Waals surface area contributed by atoms with Crippen LogP contribution < -0.4 is 0 Å². The van der Waals surface area contributed by atoms with E-state index in [-0.39, 0.29) is 11.3 Å². The first-order valence-corrected chi connectivity index (χ1v) is 9.00. The Morgan fingerprint density at radius 1 is 0.806 bits per heavy atom. The van der Waals surface area contributed by atoms with Crippen LogP contribution in [0, 0.1) is 10.1 Å². The van der Waals surface area contributed by atoms with E-state index in [0.29, 0.717) is 22.5 Å². The van der Waals surface area contributed by atoms with Gasteiger partial charge in [0.15, 0.2) is 0 Å². The van der Waals surface area contributed by atoms with Gasteiger partial charge in [0, 0.05) is 17.7 Å². The molecular weight excluding hydrogens is 402 g/mol. The van der Waals surface area contributed by atoms with Crippen molar-refractivity contribution in [2.75, 3.05) is 14.2 Å². The molecule has 3 aromatic rings. The molecule has 9 heteroatoms. The zero-order chi connectivity index (χ0) is 22.4. The molecule has 0 unspecified atom stereocenters. The maximum absolute atomic E-state index is 11.9. The molecule has 0 saturated heterocycles. The number of nitro groups is 1. The van der Waals surface area contributed by atoms with E-state index < -0.39 is 16.9 Å². The molecule has 0 bridgehead atoms. The van der Waals surface area contributed by atoms with E-state index in [2.05, 4.69) is 10.2 Å². The van der Waals surface area contributed by atoms with E-state index in [1.54, 1.807) is 36.4 Å². The van der Waals surface area contributed by atoms with Gasteiger partial charge in [-0.1, -0.05) is 18.2 Å². The van der Waals surface area contributed by atoms with Gasteiger partial charge < -0.3 is 9.47 Å². The molecule has 0 aliphatic heterocycles. The van der Waals surface area contributed by atoms with E-state index >= 15 is 0 Å². The van der Waals surface area contributed by atoms with Crippen LogP contribution in [-0.2, 0) is 9.47 Å². The third-order valence-electron chi connectivity index (χ3n) is 4.37. The van der Waals surface area contributed by atoms with Crippen LogP contribution in [0.5, 0.6) is 0 Å². The average Bonchev–Trinajstić information content (AvgIpc) is 2.81. The van der Waals surface area contributed by atoms with E-state index in [9.17, 15) is 19.7 Å². The van der Waals surface area contributed by atoms with Gasteiger partial charge in [-0.25, -0.2) is 9.59 Å². The molecular formula is C22H17N3O6. The van der Waals surface area contributed by atoms with Crippen LogP contribution in [0.3, 0.4) is 0 Å². The lowest BCUT2D eigenvalue weighted by atomic mass is 10.0. The van der Waals surface area contributed by atoms with Crippen LogP contribution in [0.15, 0.2) is 77.0 Å². The van der Waals surface area contributed by atoms with Crippen LogP contribution in [-0.4, -0.2) is 31.1 Å². The van der Waals surface area contributed by atoms with E-state index in [1.165, 1.54) is 44.6 Å². The topological polar surface area (TPSA) is 120 Å². The SMILES string of the molecule is COC(=O)c1ccc(-c2ccc(C(=O)OC)cc2N=Nc2ccc([N+](=O)[O-])cc2)cc1. The molecule has 3 aromatic carbocycles. The number of ether oxygens (including phenoxy) is 2. The molecule has 0 amide bonds. The third-order valence-corrected chi connectivity index (χ3v) is 4.37. The second kappa shape index (κ2) is 9.40. The second-order valence-corrected chi connectivity index (χ2v) is 6.27. The number of methoxy groups -OCH3 is 2. The molecule has 9 nitrogen and oxygen atoms in total. The van der Waals surface area contributed by atoms with Crippen molar-refractivity contribution in [2.24, 2.45) is 10.2 Å². The number of azo groups is 1. The molecule has 0 aliphatic rings. The van der Waals surface area contributed by atoms with Crippen LogP contribution in [0.1, 0.15) is 20.7 Å². The lowest BCUT2D eigenvalue weighted by Crippen LogP contribution is -2.01. The number of carbonyl (C=O) groups excluding carboxylic acids is 2. The summed E-state index contributed by atoms with van der Waals surface area (Å²) in [6.07, 6.45) is 0. The van der Waals surface area contributed by atoms with Gasteiger partial charge in [-0.2, -0.15) is 5.11 Å². The molecule has 3 rings (SSSR count). The molecule has 0 aliphatic carbocycles. The van der Waals surface area contributed by atoms with E-state index in [0.717, 1.165) is 5.56 Å². The largest absolute Gasteiger partial charge is 0.465 e. The lowest BCUT2D eigenvalue weighted by Gasteiger charge is -2.08. The molecule has 0 radical (unpaired) electrons. The predicted octanol–water partition coefficient (Wildman–Crippen LogP) is 5.25. The summed E-state index contributed by atoms with van der Waals surface area (Å²) in [5.41, 5.74) is 2.81. The van der Waals surface area contributed by atoms with E-state index in [1.807, 2.05) is 0 Å². The summed E-state index contributed by atoms with van der Waals surface area (Å²) >= 11 is 0. The van der Waals surface area contributed by atoms with Crippen molar-refractivity contribution in [1.29, 1.82) is 0 Å². The first-order valence-electron chi connectivity index (χ1n) is 9.00. The van der Waals surface area contributed by atoms with Gasteiger partial charge in [-0.05, 0) is 42.0 Å². The van der Waals surface area contributed by atoms with Gasteiger partial charge in [-0.3, -0.25) is 10.1 Å². The summed E-state index contributed by atoms with van der Waals surface area (Å²) in [5.74, 6) is -0.981. The van der Waals surface area contributed by atoms with Crippen molar-refractivity contribution in [3.63, 3.8) is 0 Å². The van der Waals surface area contributed by atoms with Gasteiger partial charge in [-0.15, -0.1) is 5.11 Å². The highest BCUT2D eigenvalue weighted by atomic mass is 16.6. The number of benzene rings is 3. The first kappa shape index (κ1) is 21.3. The summed E-state index contributed by atoms with van der Waals surface area (Å²) in [6.45, 7) is 0. The number of hydrogen-bond donors (Lipinski definition) is 0. The Morgan fingerprint density at radius 3 is 1.97 bits per heavy atom. The summed E-state index contributed by atoms with van der Waals surface area (Å²) in [6, 6.07) is 17.1. The predicted molar refractivity (Wildman–Crippen MR) is 112 cm³/mol. The maximum Gasteiger partial charge on any atom is 0.337 e. The number of carbonyl (C=O) groups is 2. The zero-order valence-electron chi connectivity index (χ0n) is 16.6. The zero-order valence-corrected chi connectivity index (χ0v) is 16.6. The molecule has 31 heavy (non-hydrogen) atoms. The summed E-state index contributed by atoms with van der Waals surface area (Å²) in [4.78, 5) is 33.9. The Kier molecular flexibility index (Phi) is 6.46. The highest BCUT2D eigenvalue weighted by molar-refractivity contribution is 5.93. The highest BCUT2D eigenvalue weighted by Gasteiger charge is 2.13. The number of non-ortho nitro benzene ring substituents is 1. The van der Waals surface area contributed by atoms with Crippen molar-refractivity contribution in [2.45, 2.75) is 0 Å². The van der Waals surface area contributed by atoms with Crippen molar-refractivity contribution < 1.29 is 24.0 Å². The Bertz CT molecular complexity index is 1150. The fraction of sp³-hybridized carbons (Fsp3) is 0.0909. The number of nitrogens with zero attached hydrogens (tertiary/aromatic N) is 3. The van der Waals surface area contributed by atoms with Gasteiger partial charge in [0.05, 0.1) is 41.6 Å². The molecule has 0 fully saturated rings. The molecule has 0 aromatic heterocycles. The normalized spacial score (nSPS) is 10.6. The minimum absolute atomic E-state index is 0.0574. The molecule has 0 N–H and O–H groups in total. The fourth-order valence-corrected chi connectivity index (χ4v) is 2.76. The van der Waals surface area contributed by atoms with Crippen LogP contribution >= 0.6 is 0 Å². The summed E-state index contributed by atoms with van der Waals surface area (Å²) in [7, 11) is 2.58. The van der Waals surface area contributed by atoms with Gasteiger partial charge in [0.2, 0.25) is 0 Å². The van der Waals surface area contributed by atoms with Gasteiger partial charge in [0.1, 0.15) is 0 Å². The molecule has 0 saturated carbocycles. The number of esters is 2. The van der Waals surface area contributed by atoms with E-state index in [4.69, 9.17) is 9.47 Å². The average molecular weight is 419 g/mol. The monoisotopic (exact) mass is 419 g/mol. The first-order chi connectivity index (χ1) is 14.9. The van der Waals surface area contributed by atoms with Crippen LogP contribution in [0.4, 0.5) is 17.1 Å². The summed E-state index contributed by atoms with van der Waals surface area (Å²) < 4.78 is 9.47. The van der Waals surface area contributed by atoms with Gasteiger partial charge in [0.25, 0.3) is 5.69 Å². The van der Waals surface area contributed by atoms with Crippen molar-refractivity contribution in [3.05, 3.63) is 88.0 Å². The molecule has 0 spiro atoms. The van der Waals surface area contributed by atoms with Crippen molar-refractivity contribution in [3.8, 4) is 11.1 Å². The fourth-order valence-electron chi connectivity index (χ4n) is 2.76. The smallest absolute Gasteiger partial charge is 0.337 e. The number of nitro benzene ring substituents is 1. The molecule has 0 heterocycles. The lowest BCUT2D eigenvalue weighted by molar-refractivity contribution is -0.384. The van der Waals surface area contributed by atoms with Crippen molar-refractivity contribution in [1.82, 2.24) is 0 Å². The number of hydrogen-bond acceptors (Lipinski definition) is 8. The minimum Gasteiger partial charge on any atom is -0.465 e. The third kappa shape index (κ3) is 4.96. The van der Waals surface area contributed by atoms with Gasteiger partial charge >= 0.3 is 11.9 Å².